The number of para-hydroxylation sites is 1. The van der Waals surface area contributed by atoms with Gasteiger partial charge in [0.15, 0.2) is 9.84 Å². The highest BCUT2D eigenvalue weighted by atomic mass is 35.5. The normalized spacial score (nSPS) is 11.2. The van der Waals surface area contributed by atoms with Crippen LogP contribution in [0.5, 0.6) is 5.75 Å². The van der Waals surface area contributed by atoms with Crippen LogP contribution in [0.2, 0.25) is 5.02 Å². The number of methoxy groups -OCH3 is 1. The van der Waals surface area contributed by atoms with Crippen LogP contribution in [0.3, 0.4) is 0 Å². The number of hydrogen-bond donors (Lipinski definition) is 1. The Morgan fingerprint density at radius 3 is 2.57 bits per heavy atom. The van der Waals surface area contributed by atoms with E-state index in [4.69, 9.17) is 20.8 Å². The first-order valence-electron chi connectivity index (χ1n) is 8.14. The van der Waals surface area contributed by atoms with E-state index in [1.54, 1.807) is 24.3 Å². The Morgan fingerprint density at radius 1 is 1.14 bits per heavy atom. The van der Waals surface area contributed by atoms with E-state index in [2.05, 4.69) is 15.5 Å². The quantitative estimate of drug-likeness (QED) is 0.623. The zero-order chi connectivity index (χ0) is 20.1. The number of ether oxygens (including phenoxy) is 1. The Bertz CT molecular complexity index is 1080. The van der Waals surface area contributed by atoms with Gasteiger partial charge in [-0.2, -0.15) is 0 Å². The minimum absolute atomic E-state index is 0.0981. The summed E-state index contributed by atoms with van der Waals surface area (Å²) in [6.07, 6.45) is -0.267. The maximum Gasteiger partial charge on any atom is 0.322 e. The van der Waals surface area contributed by atoms with Crippen molar-refractivity contribution in [3.63, 3.8) is 0 Å². The average Bonchev–Trinajstić information content (AvgIpc) is 3.15. The van der Waals surface area contributed by atoms with Crippen LogP contribution < -0.4 is 10.1 Å². The lowest BCUT2D eigenvalue weighted by Crippen LogP contribution is -2.17. The highest BCUT2D eigenvalue weighted by Gasteiger charge is 2.18. The summed E-state index contributed by atoms with van der Waals surface area (Å²) in [6, 6.07) is 12.7. The van der Waals surface area contributed by atoms with E-state index in [0.717, 1.165) is 0 Å². The Hall–Kier alpha value is -2.91. The molecule has 1 N–H and O–H groups in total. The third-order valence-corrected chi connectivity index (χ3v) is 5.76. The SMILES string of the molecule is COc1ccccc1-c1nnc(NC(=O)CCS(=O)(=O)c2ccc(Cl)cc2)o1. The number of benzene rings is 2. The minimum atomic E-state index is -3.61. The van der Waals surface area contributed by atoms with E-state index in [9.17, 15) is 13.2 Å². The van der Waals surface area contributed by atoms with Gasteiger partial charge in [-0.25, -0.2) is 8.42 Å². The van der Waals surface area contributed by atoms with Gasteiger partial charge in [-0.1, -0.05) is 28.8 Å². The summed E-state index contributed by atoms with van der Waals surface area (Å²) in [7, 11) is -2.10. The van der Waals surface area contributed by atoms with Crippen LogP contribution in [0.4, 0.5) is 6.01 Å². The number of sulfone groups is 1. The zero-order valence-corrected chi connectivity index (χ0v) is 16.3. The van der Waals surface area contributed by atoms with Gasteiger partial charge in [-0.3, -0.25) is 10.1 Å². The van der Waals surface area contributed by atoms with E-state index in [1.807, 2.05) is 0 Å². The van der Waals surface area contributed by atoms with E-state index in [1.165, 1.54) is 31.4 Å². The molecule has 0 saturated carbocycles. The number of carbonyl (C=O) groups is 1. The van der Waals surface area contributed by atoms with E-state index >= 15 is 0 Å². The van der Waals surface area contributed by atoms with Crippen molar-refractivity contribution in [2.45, 2.75) is 11.3 Å². The molecule has 0 bridgehead atoms. The van der Waals surface area contributed by atoms with E-state index < -0.39 is 15.7 Å². The largest absolute Gasteiger partial charge is 0.496 e. The van der Waals surface area contributed by atoms with Crippen LogP contribution >= 0.6 is 11.6 Å². The topological polar surface area (TPSA) is 111 Å². The van der Waals surface area contributed by atoms with Crippen molar-refractivity contribution in [3.8, 4) is 17.2 Å². The first kappa shape index (κ1) is 19.8. The number of anilines is 1. The van der Waals surface area contributed by atoms with Crippen LogP contribution in [0.1, 0.15) is 6.42 Å². The molecule has 3 aromatic rings. The molecule has 2 aromatic carbocycles. The number of carbonyl (C=O) groups excluding carboxylic acids is 1. The monoisotopic (exact) mass is 421 g/mol. The van der Waals surface area contributed by atoms with Gasteiger partial charge in [0.25, 0.3) is 5.89 Å². The number of rotatable bonds is 7. The Balaban J connectivity index is 1.63. The Morgan fingerprint density at radius 2 is 1.86 bits per heavy atom. The number of amides is 1. The molecule has 28 heavy (non-hydrogen) atoms. The van der Waals surface area contributed by atoms with E-state index in [-0.39, 0.29) is 29.0 Å². The van der Waals surface area contributed by atoms with Gasteiger partial charge in [0.05, 0.1) is 23.3 Å². The van der Waals surface area contributed by atoms with Crippen molar-refractivity contribution >= 4 is 33.4 Å². The summed E-state index contributed by atoms with van der Waals surface area (Å²) in [4.78, 5) is 12.2. The molecule has 0 unspecified atom stereocenters. The fraction of sp³-hybridized carbons (Fsp3) is 0.167. The molecule has 1 amide bonds. The number of aromatic nitrogens is 2. The summed E-state index contributed by atoms with van der Waals surface area (Å²) in [5.41, 5.74) is 0.573. The predicted molar refractivity (Wildman–Crippen MR) is 103 cm³/mol. The van der Waals surface area contributed by atoms with Crippen molar-refractivity contribution in [2.75, 3.05) is 18.2 Å². The molecule has 0 aliphatic rings. The van der Waals surface area contributed by atoms with Crippen molar-refractivity contribution < 1.29 is 22.4 Å². The third-order valence-electron chi connectivity index (χ3n) is 3.78. The number of halogens is 1. The molecule has 0 spiro atoms. The average molecular weight is 422 g/mol. The summed E-state index contributed by atoms with van der Waals surface area (Å²) >= 11 is 5.75. The van der Waals surface area contributed by atoms with Crippen molar-refractivity contribution in [1.82, 2.24) is 10.2 Å². The van der Waals surface area contributed by atoms with Crippen LogP contribution in [0.15, 0.2) is 57.8 Å². The lowest BCUT2D eigenvalue weighted by atomic mass is 10.2. The van der Waals surface area contributed by atoms with Crippen molar-refractivity contribution in [1.29, 1.82) is 0 Å². The molecule has 0 atom stereocenters. The maximum atomic E-state index is 12.3. The number of nitrogens with zero attached hydrogens (tertiary/aromatic N) is 2. The van der Waals surface area contributed by atoms with Crippen LogP contribution in [0.25, 0.3) is 11.5 Å². The second-order valence-electron chi connectivity index (χ2n) is 5.68. The fourth-order valence-corrected chi connectivity index (χ4v) is 3.74. The maximum absolute atomic E-state index is 12.3. The molecule has 10 heteroatoms. The molecule has 0 aliphatic carbocycles. The van der Waals surface area contributed by atoms with Crippen LogP contribution in [-0.4, -0.2) is 37.4 Å². The second kappa shape index (κ2) is 8.41. The molecular weight excluding hydrogens is 406 g/mol. The smallest absolute Gasteiger partial charge is 0.322 e. The third kappa shape index (κ3) is 4.68. The highest BCUT2D eigenvalue weighted by molar-refractivity contribution is 7.91. The van der Waals surface area contributed by atoms with Gasteiger partial charge in [0, 0.05) is 11.4 Å². The molecule has 0 fully saturated rings. The molecule has 146 valence electrons. The standard InChI is InChI=1S/C18H16ClN3O5S/c1-26-15-5-3-2-4-14(15)17-21-22-18(27-17)20-16(23)10-11-28(24,25)13-8-6-12(19)7-9-13/h2-9H,10-11H2,1H3,(H,20,22,23). The first-order chi connectivity index (χ1) is 13.4. The molecule has 1 heterocycles. The highest BCUT2D eigenvalue weighted by Crippen LogP contribution is 2.29. The van der Waals surface area contributed by atoms with Gasteiger partial charge in [-0.05, 0) is 36.4 Å². The molecule has 0 saturated heterocycles. The molecule has 0 aliphatic heterocycles. The molecule has 3 rings (SSSR count). The minimum Gasteiger partial charge on any atom is -0.496 e. The Labute approximate surface area is 166 Å². The number of nitrogens with one attached hydrogen (secondary N) is 1. The summed E-state index contributed by atoms with van der Waals surface area (Å²) in [6.45, 7) is 0. The Kier molecular flexibility index (Phi) is 5.96. The zero-order valence-electron chi connectivity index (χ0n) is 14.8. The summed E-state index contributed by atoms with van der Waals surface area (Å²) in [5, 5.41) is 10.4. The summed E-state index contributed by atoms with van der Waals surface area (Å²) in [5.74, 6) is -0.221. The van der Waals surface area contributed by atoms with Crippen LogP contribution in [-0.2, 0) is 14.6 Å². The van der Waals surface area contributed by atoms with Gasteiger partial charge in [-0.15, -0.1) is 5.10 Å². The summed E-state index contributed by atoms with van der Waals surface area (Å²) < 4.78 is 35.2. The predicted octanol–water partition coefficient (Wildman–Crippen LogP) is 3.20. The van der Waals surface area contributed by atoms with Gasteiger partial charge >= 0.3 is 6.01 Å². The fourth-order valence-electron chi connectivity index (χ4n) is 2.37. The molecular formula is C18H16ClN3O5S. The van der Waals surface area contributed by atoms with Crippen LogP contribution in [0, 0.1) is 0 Å². The number of hydrogen-bond acceptors (Lipinski definition) is 7. The van der Waals surface area contributed by atoms with Gasteiger partial charge < -0.3 is 9.15 Å². The van der Waals surface area contributed by atoms with Crippen molar-refractivity contribution in [2.24, 2.45) is 0 Å². The molecule has 1 aromatic heterocycles. The van der Waals surface area contributed by atoms with Crippen molar-refractivity contribution in [3.05, 3.63) is 53.6 Å². The lowest BCUT2D eigenvalue weighted by molar-refractivity contribution is -0.115. The van der Waals surface area contributed by atoms with Gasteiger partial charge in [0.2, 0.25) is 5.91 Å². The second-order valence-corrected chi connectivity index (χ2v) is 8.23. The molecule has 8 nitrogen and oxygen atoms in total. The molecule has 0 radical (unpaired) electrons. The van der Waals surface area contributed by atoms with Gasteiger partial charge in [0.1, 0.15) is 5.75 Å². The van der Waals surface area contributed by atoms with E-state index in [0.29, 0.717) is 16.3 Å². The first-order valence-corrected chi connectivity index (χ1v) is 10.2. The lowest BCUT2D eigenvalue weighted by Gasteiger charge is -2.05.